The van der Waals surface area contributed by atoms with E-state index in [1.165, 1.54) is 5.56 Å². The summed E-state index contributed by atoms with van der Waals surface area (Å²) in [5.41, 5.74) is 4.23. The van der Waals surface area contributed by atoms with Crippen LogP contribution in [0.3, 0.4) is 0 Å². The lowest BCUT2D eigenvalue weighted by molar-refractivity contribution is -0.115. The predicted octanol–water partition coefficient (Wildman–Crippen LogP) is 3.23. The molecule has 2 N–H and O–H groups in total. The van der Waals surface area contributed by atoms with E-state index in [2.05, 4.69) is 16.7 Å². The highest BCUT2D eigenvalue weighted by molar-refractivity contribution is 5.94. The summed E-state index contributed by atoms with van der Waals surface area (Å²) in [6.07, 6.45) is 2.46. The fourth-order valence-electron chi connectivity index (χ4n) is 2.75. The van der Waals surface area contributed by atoms with Crippen molar-refractivity contribution >= 4 is 17.3 Å². The van der Waals surface area contributed by atoms with Gasteiger partial charge in [0, 0.05) is 17.9 Å². The highest BCUT2D eigenvalue weighted by Crippen LogP contribution is 2.29. The number of hydrogen-bond donors (Lipinski definition) is 2. The molecule has 1 aliphatic rings. The van der Waals surface area contributed by atoms with Crippen LogP contribution in [0.2, 0.25) is 0 Å². The lowest BCUT2D eigenvalue weighted by Gasteiger charge is -2.21. The second-order valence-corrected chi connectivity index (χ2v) is 5.44. The minimum absolute atomic E-state index is 0.00383. The van der Waals surface area contributed by atoms with Gasteiger partial charge in [-0.15, -0.1) is 0 Å². The van der Waals surface area contributed by atoms with Gasteiger partial charge in [0.2, 0.25) is 5.91 Å². The Morgan fingerprint density at radius 2 is 2.05 bits per heavy atom. The van der Waals surface area contributed by atoms with Gasteiger partial charge in [-0.05, 0) is 48.2 Å². The number of amides is 1. The van der Waals surface area contributed by atoms with Gasteiger partial charge >= 0.3 is 0 Å². The van der Waals surface area contributed by atoms with Crippen LogP contribution in [0.15, 0.2) is 42.5 Å². The molecule has 0 atom stereocenters. The number of ether oxygens (including phenoxy) is 1. The Bertz CT molecular complexity index is 665. The quantitative estimate of drug-likeness (QED) is 0.910. The summed E-state index contributed by atoms with van der Waals surface area (Å²) < 4.78 is 5.12. The van der Waals surface area contributed by atoms with E-state index in [0.717, 1.165) is 42.1 Å². The molecule has 2 aromatic carbocycles. The first-order valence-electron chi connectivity index (χ1n) is 7.55. The topological polar surface area (TPSA) is 50.4 Å². The van der Waals surface area contributed by atoms with Crippen molar-refractivity contribution < 1.29 is 9.53 Å². The third kappa shape index (κ3) is 3.22. The normalized spacial score (nSPS) is 13.0. The second-order valence-electron chi connectivity index (χ2n) is 5.44. The molecule has 0 bridgehead atoms. The van der Waals surface area contributed by atoms with Crippen molar-refractivity contribution in [1.82, 2.24) is 0 Å². The third-order valence-corrected chi connectivity index (χ3v) is 3.89. The highest BCUT2D eigenvalue weighted by atomic mass is 16.5. The van der Waals surface area contributed by atoms with Gasteiger partial charge in [0.1, 0.15) is 5.75 Å². The zero-order valence-corrected chi connectivity index (χ0v) is 12.7. The van der Waals surface area contributed by atoms with E-state index in [0.29, 0.717) is 6.42 Å². The molecular formula is C18H20N2O2. The SMILES string of the molecule is COc1ccc(CC(=O)Nc2cccc3c2CCCN3)cc1. The van der Waals surface area contributed by atoms with Crippen molar-refractivity contribution in [2.24, 2.45) is 0 Å². The Morgan fingerprint density at radius 3 is 2.82 bits per heavy atom. The van der Waals surface area contributed by atoms with Gasteiger partial charge in [0.05, 0.1) is 13.5 Å². The number of benzene rings is 2. The summed E-state index contributed by atoms with van der Waals surface area (Å²) in [7, 11) is 1.63. The van der Waals surface area contributed by atoms with Crippen molar-refractivity contribution in [3.8, 4) is 5.75 Å². The molecule has 0 aromatic heterocycles. The fraction of sp³-hybridized carbons (Fsp3) is 0.278. The van der Waals surface area contributed by atoms with Crippen molar-refractivity contribution in [2.75, 3.05) is 24.3 Å². The standard InChI is InChI=1S/C18H20N2O2/c1-22-14-9-7-13(8-10-14)12-18(21)20-17-6-2-5-16-15(17)4-3-11-19-16/h2,5-10,19H,3-4,11-12H2,1H3,(H,20,21). The lowest BCUT2D eigenvalue weighted by Crippen LogP contribution is -2.18. The molecule has 0 fully saturated rings. The maximum atomic E-state index is 12.3. The van der Waals surface area contributed by atoms with Crippen LogP contribution in [0.4, 0.5) is 11.4 Å². The maximum absolute atomic E-state index is 12.3. The van der Waals surface area contributed by atoms with Crippen LogP contribution in [0.25, 0.3) is 0 Å². The monoisotopic (exact) mass is 296 g/mol. The molecule has 0 aliphatic carbocycles. The molecule has 3 rings (SSSR count). The third-order valence-electron chi connectivity index (χ3n) is 3.89. The van der Waals surface area contributed by atoms with Gasteiger partial charge in [-0.2, -0.15) is 0 Å². The summed E-state index contributed by atoms with van der Waals surface area (Å²) in [5, 5.41) is 6.41. The zero-order chi connectivity index (χ0) is 15.4. The average Bonchev–Trinajstić information content (AvgIpc) is 2.56. The van der Waals surface area contributed by atoms with Gasteiger partial charge in [0.25, 0.3) is 0 Å². The molecule has 4 nitrogen and oxygen atoms in total. The van der Waals surface area contributed by atoms with E-state index in [9.17, 15) is 4.79 Å². The fourth-order valence-corrected chi connectivity index (χ4v) is 2.75. The number of fused-ring (bicyclic) bond motifs is 1. The summed E-state index contributed by atoms with van der Waals surface area (Å²) in [4.78, 5) is 12.3. The number of hydrogen-bond acceptors (Lipinski definition) is 3. The van der Waals surface area contributed by atoms with Crippen LogP contribution in [-0.2, 0) is 17.6 Å². The molecule has 0 unspecified atom stereocenters. The van der Waals surface area contributed by atoms with Crippen LogP contribution < -0.4 is 15.4 Å². The van der Waals surface area contributed by atoms with Gasteiger partial charge in [-0.3, -0.25) is 4.79 Å². The van der Waals surface area contributed by atoms with Crippen molar-refractivity contribution in [1.29, 1.82) is 0 Å². The molecule has 114 valence electrons. The second kappa shape index (κ2) is 6.52. The summed E-state index contributed by atoms with van der Waals surface area (Å²) in [5.74, 6) is 0.802. The van der Waals surface area contributed by atoms with Crippen LogP contribution in [-0.4, -0.2) is 19.6 Å². The molecule has 1 heterocycles. The molecule has 0 saturated heterocycles. The van der Waals surface area contributed by atoms with E-state index in [1.807, 2.05) is 36.4 Å². The smallest absolute Gasteiger partial charge is 0.228 e. The lowest BCUT2D eigenvalue weighted by atomic mass is 10.0. The minimum Gasteiger partial charge on any atom is -0.497 e. The van der Waals surface area contributed by atoms with Gasteiger partial charge < -0.3 is 15.4 Å². The van der Waals surface area contributed by atoms with Crippen LogP contribution in [0, 0.1) is 0 Å². The van der Waals surface area contributed by atoms with Gasteiger partial charge in [-0.25, -0.2) is 0 Å². The number of nitrogens with one attached hydrogen (secondary N) is 2. The summed E-state index contributed by atoms with van der Waals surface area (Å²) >= 11 is 0. The molecular weight excluding hydrogens is 276 g/mol. The zero-order valence-electron chi connectivity index (χ0n) is 12.7. The number of carbonyl (C=O) groups excluding carboxylic acids is 1. The minimum atomic E-state index is 0.00383. The maximum Gasteiger partial charge on any atom is 0.228 e. The Balaban J connectivity index is 1.69. The van der Waals surface area contributed by atoms with Crippen LogP contribution in [0.5, 0.6) is 5.75 Å². The first-order valence-corrected chi connectivity index (χ1v) is 7.55. The van der Waals surface area contributed by atoms with Gasteiger partial charge in [-0.1, -0.05) is 18.2 Å². The molecule has 0 saturated carbocycles. The molecule has 1 aliphatic heterocycles. The summed E-state index contributed by atoms with van der Waals surface area (Å²) in [6.45, 7) is 0.996. The molecule has 2 aromatic rings. The van der Waals surface area contributed by atoms with Crippen LogP contribution >= 0.6 is 0 Å². The van der Waals surface area contributed by atoms with E-state index in [1.54, 1.807) is 7.11 Å². The molecule has 0 radical (unpaired) electrons. The van der Waals surface area contributed by atoms with Crippen molar-refractivity contribution in [2.45, 2.75) is 19.3 Å². The Morgan fingerprint density at radius 1 is 1.23 bits per heavy atom. The Hall–Kier alpha value is -2.49. The van der Waals surface area contributed by atoms with E-state index < -0.39 is 0 Å². The van der Waals surface area contributed by atoms with E-state index >= 15 is 0 Å². The van der Waals surface area contributed by atoms with Crippen LogP contribution in [0.1, 0.15) is 17.5 Å². The van der Waals surface area contributed by atoms with E-state index in [-0.39, 0.29) is 5.91 Å². The average molecular weight is 296 g/mol. The Kier molecular flexibility index (Phi) is 4.28. The molecule has 0 spiro atoms. The largest absolute Gasteiger partial charge is 0.497 e. The molecule has 1 amide bonds. The predicted molar refractivity (Wildman–Crippen MR) is 88.6 cm³/mol. The van der Waals surface area contributed by atoms with Crippen molar-refractivity contribution in [3.63, 3.8) is 0 Å². The first kappa shape index (κ1) is 14.4. The van der Waals surface area contributed by atoms with Gasteiger partial charge in [0.15, 0.2) is 0 Å². The molecule has 22 heavy (non-hydrogen) atoms. The first-order chi connectivity index (χ1) is 10.8. The highest BCUT2D eigenvalue weighted by Gasteiger charge is 2.14. The number of carbonyl (C=O) groups is 1. The number of methoxy groups -OCH3 is 1. The van der Waals surface area contributed by atoms with Crippen molar-refractivity contribution in [3.05, 3.63) is 53.6 Å². The van der Waals surface area contributed by atoms with E-state index in [4.69, 9.17) is 4.74 Å². The Labute approximate surface area is 130 Å². The number of anilines is 2. The summed E-state index contributed by atoms with van der Waals surface area (Å²) in [6, 6.07) is 13.6. The number of rotatable bonds is 4. The molecule has 4 heteroatoms.